The summed E-state index contributed by atoms with van der Waals surface area (Å²) in [5, 5.41) is 9.22. The Kier molecular flexibility index (Phi) is 5.64. The van der Waals surface area contributed by atoms with Gasteiger partial charge in [0.1, 0.15) is 0 Å². The van der Waals surface area contributed by atoms with Crippen molar-refractivity contribution in [3.8, 4) is 0 Å². The Morgan fingerprint density at radius 3 is 2.32 bits per heavy atom. The number of likely N-dealkylation sites (tertiary alicyclic amines) is 1. The molecule has 0 aromatic rings. The molecule has 1 aliphatic heterocycles. The van der Waals surface area contributed by atoms with Crippen molar-refractivity contribution >= 4 is 5.91 Å². The monoisotopic (exact) mass is 268 g/mol. The first-order chi connectivity index (χ1) is 9.24. The van der Waals surface area contributed by atoms with E-state index in [4.69, 9.17) is 0 Å². The molecule has 0 spiro atoms. The number of aliphatic hydroxyl groups is 1. The summed E-state index contributed by atoms with van der Waals surface area (Å²) in [6.45, 7) is 4.63. The average molecular weight is 268 g/mol. The minimum absolute atomic E-state index is 0.0736. The van der Waals surface area contributed by atoms with E-state index in [-0.39, 0.29) is 18.6 Å². The second-order valence-electron chi connectivity index (χ2n) is 5.96. The molecule has 110 valence electrons. The van der Waals surface area contributed by atoms with Gasteiger partial charge >= 0.3 is 0 Å². The largest absolute Gasteiger partial charge is 0.395 e. The molecule has 1 unspecified atom stereocenters. The van der Waals surface area contributed by atoms with Crippen LogP contribution in [0.4, 0.5) is 0 Å². The first kappa shape index (κ1) is 14.8. The van der Waals surface area contributed by atoms with E-state index in [1.807, 2.05) is 11.8 Å². The van der Waals surface area contributed by atoms with E-state index in [1.165, 1.54) is 32.1 Å². The minimum atomic E-state index is -0.0736. The first-order valence-corrected chi connectivity index (χ1v) is 7.89. The van der Waals surface area contributed by atoms with E-state index in [9.17, 15) is 9.90 Å². The van der Waals surface area contributed by atoms with Gasteiger partial charge in [-0.3, -0.25) is 9.69 Å². The zero-order valence-corrected chi connectivity index (χ0v) is 12.2. The molecule has 1 aliphatic carbocycles. The van der Waals surface area contributed by atoms with Gasteiger partial charge in [-0.2, -0.15) is 0 Å². The molecule has 1 atom stereocenters. The van der Waals surface area contributed by atoms with Crippen LogP contribution < -0.4 is 0 Å². The van der Waals surface area contributed by atoms with Crippen LogP contribution in [0.5, 0.6) is 0 Å². The summed E-state index contributed by atoms with van der Waals surface area (Å²) >= 11 is 0. The van der Waals surface area contributed by atoms with Crippen molar-refractivity contribution in [2.75, 3.05) is 26.2 Å². The summed E-state index contributed by atoms with van der Waals surface area (Å²) in [7, 11) is 0. The smallest absolute Gasteiger partial charge is 0.239 e. The number of hydrogen-bond donors (Lipinski definition) is 1. The van der Waals surface area contributed by atoms with Crippen molar-refractivity contribution in [3.63, 3.8) is 0 Å². The Morgan fingerprint density at radius 2 is 1.84 bits per heavy atom. The van der Waals surface area contributed by atoms with Crippen molar-refractivity contribution in [3.05, 3.63) is 0 Å². The lowest BCUT2D eigenvalue weighted by molar-refractivity contribution is -0.138. The fourth-order valence-corrected chi connectivity index (χ4v) is 3.22. The Bertz CT molecular complexity index is 284. The molecule has 19 heavy (non-hydrogen) atoms. The van der Waals surface area contributed by atoms with Gasteiger partial charge in [0.15, 0.2) is 0 Å². The molecule has 1 amide bonds. The van der Waals surface area contributed by atoms with Crippen molar-refractivity contribution in [1.82, 2.24) is 9.80 Å². The number of rotatable bonds is 5. The Hall–Kier alpha value is -0.610. The van der Waals surface area contributed by atoms with E-state index < -0.39 is 0 Å². The summed E-state index contributed by atoms with van der Waals surface area (Å²) < 4.78 is 0. The third-order valence-electron chi connectivity index (χ3n) is 4.67. The lowest BCUT2D eigenvalue weighted by Crippen LogP contribution is -2.53. The van der Waals surface area contributed by atoms with Gasteiger partial charge < -0.3 is 10.0 Å². The zero-order chi connectivity index (χ0) is 13.7. The Labute approximate surface area is 116 Å². The van der Waals surface area contributed by atoms with E-state index in [0.717, 1.165) is 25.9 Å². The highest BCUT2D eigenvalue weighted by molar-refractivity contribution is 5.81. The number of amides is 1. The molecule has 1 heterocycles. The van der Waals surface area contributed by atoms with Gasteiger partial charge in [0.25, 0.3) is 0 Å². The Balaban J connectivity index is 1.94. The van der Waals surface area contributed by atoms with Crippen LogP contribution >= 0.6 is 0 Å². The van der Waals surface area contributed by atoms with Gasteiger partial charge in [-0.05, 0) is 32.6 Å². The van der Waals surface area contributed by atoms with Gasteiger partial charge in [0.05, 0.1) is 12.6 Å². The SMILES string of the molecule is CC(C(=O)N1CCCCCC1)N(CCO)C1CCC1. The number of carbonyl (C=O) groups is 1. The van der Waals surface area contributed by atoms with Crippen LogP contribution in [0.3, 0.4) is 0 Å². The van der Waals surface area contributed by atoms with Gasteiger partial charge in [-0.25, -0.2) is 0 Å². The number of hydrogen-bond acceptors (Lipinski definition) is 3. The lowest BCUT2D eigenvalue weighted by Gasteiger charge is -2.41. The van der Waals surface area contributed by atoms with Gasteiger partial charge in [-0.1, -0.05) is 19.3 Å². The molecule has 1 saturated heterocycles. The molecule has 0 aromatic carbocycles. The Morgan fingerprint density at radius 1 is 1.21 bits per heavy atom. The normalized spacial score (nSPS) is 23.0. The summed E-state index contributed by atoms with van der Waals surface area (Å²) in [4.78, 5) is 16.9. The average Bonchev–Trinajstić information content (AvgIpc) is 2.63. The molecule has 4 nitrogen and oxygen atoms in total. The van der Waals surface area contributed by atoms with Crippen LogP contribution in [0.25, 0.3) is 0 Å². The number of aliphatic hydroxyl groups excluding tert-OH is 1. The highest BCUT2D eigenvalue weighted by Crippen LogP contribution is 2.27. The quantitative estimate of drug-likeness (QED) is 0.824. The fraction of sp³-hybridized carbons (Fsp3) is 0.933. The number of carbonyl (C=O) groups excluding carboxylic acids is 1. The predicted molar refractivity (Wildman–Crippen MR) is 75.9 cm³/mol. The first-order valence-electron chi connectivity index (χ1n) is 7.89. The zero-order valence-electron chi connectivity index (χ0n) is 12.2. The molecular weight excluding hydrogens is 240 g/mol. The topological polar surface area (TPSA) is 43.8 Å². The molecule has 1 N–H and O–H groups in total. The summed E-state index contributed by atoms with van der Waals surface area (Å²) in [5.41, 5.74) is 0. The van der Waals surface area contributed by atoms with Crippen LogP contribution in [0.2, 0.25) is 0 Å². The molecule has 2 aliphatic rings. The molecular formula is C15H28N2O2. The summed E-state index contributed by atoms with van der Waals surface area (Å²) in [5.74, 6) is 0.266. The standard InChI is InChI=1S/C15H28N2O2/c1-13(17(11-12-18)14-7-6-8-14)15(19)16-9-4-2-3-5-10-16/h13-14,18H,2-12H2,1H3. The fourth-order valence-electron chi connectivity index (χ4n) is 3.22. The summed E-state index contributed by atoms with van der Waals surface area (Å²) in [6.07, 6.45) is 8.40. The van der Waals surface area contributed by atoms with Gasteiger partial charge in [-0.15, -0.1) is 0 Å². The van der Waals surface area contributed by atoms with Gasteiger partial charge in [0, 0.05) is 25.7 Å². The molecule has 0 bridgehead atoms. The molecule has 0 aromatic heterocycles. The van der Waals surface area contributed by atoms with Gasteiger partial charge in [0.2, 0.25) is 5.91 Å². The van der Waals surface area contributed by atoms with Crippen LogP contribution in [-0.2, 0) is 4.79 Å². The van der Waals surface area contributed by atoms with E-state index >= 15 is 0 Å². The minimum Gasteiger partial charge on any atom is -0.395 e. The van der Waals surface area contributed by atoms with Crippen molar-refractivity contribution in [2.24, 2.45) is 0 Å². The van der Waals surface area contributed by atoms with Crippen LogP contribution in [0.1, 0.15) is 51.9 Å². The second kappa shape index (κ2) is 7.25. The third kappa shape index (κ3) is 3.69. The summed E-state index contributed by atoms with van der Waals surface area (Å²) in [6, 6.07) is 0.439. The van der Waals surface area contributed by atoms with Crippen LogP contribution in [0.15, 0.2) is 0 Å². The van der Waals surface area contributed by atoms with Crippen molar-refractivity contribution in [2.45, 2.75) is 64.0 Å². The lowest BCUT2D eigenvalue weighted by atomic mass is 9.90. The maximum absolute atomic E-state index is 12.6. The molecule has 1 saturated carbocycles. The second-order valence-corrected chi connectivity index (χ2v) is 5.96. The highest BCUT2D eigenvalue weighted by atomic mass is 16.3. The van der Waals surface area contributed by atoms with Crippen molar-refractivity contribution in [1.29, 1.82) is 0 Å². The number of nitrogens with zero attached hydrogens (tertiary/aromatic N) is 2. The molecule has 2 rings (SSSR count). The third-order valence-corrected chi connectivity index (χ3v) is 4.67. The molecule has 4 heteroatoms. The van der Waals surface area contributed by atoms with Crippen LogP contribution in [-0.4, -0.2) is 59.1 Å². The van der Waals surface area contributed by atoms with Crippen molar-refractivity contribution < 1.29 is 9.90 Å². The maximum Gasteiger partial charge on any atom is 0.239 e. The van der Waals surface area contributed by atoms with E-state index in [1.54, 1.807) is 0 Å². The maximum atomic E-state index is 12.6. The van der Waals surface area contributed by atoms with E-state index in [0.29, 0.717) is 12.6 Å². The highest BCUT2D eigenvalue weighted by Gasteiger charge is 2.33. The van der Waals surface area contributed by atoms with E-state index in [2.05, 4.69) is 4.90 Å². The molecule has 0 radical (unpaired) electrons. The van der Waals surface area contributed by atoms with Crippen LogP contribution in [0, 0.1) is 0 Å². The molecule has 2 fully saturated rings. The predicted octanol–water partition coefficient (Wildman–Crippen LogP) is 1.62.